The zero-order chi connectivity index (χ0) is 13.2. The molecule has 1 rings (SSSR count). The maximum absolute atomic E-state index is 11.6. The van der Waals surface area contributed by atoms with Crippen LogP contribution < -0.4 is 10.6 Å². The van der Waals surface area contributed by atoms with E-state index in [1.54, 1.807) is 0 Å². The molecule has 0 spiro atoms. The molecule has 0 unspecified atom stereocenters. The summed E-state index contributed by atoms with van der Waals surface area (Å²) in [5, 5.41) is 6.19. The molecule has 1 aromatic carbocycles. The highest BCUT2D eigenvalue weighted by Gasteiger charge is 2.00. The van der Waals surface area contributed by atoms with Crippen LogP contribution in [0.2, 0.25) is 0 Å². The molecule has 0 heterocycles. The van der Waals surface area contributed by atoms with Gasteiger partial charge in [0.05, 0.1) is 0 Å². The second kappa shape index (κ2) is 8.70. The van der Waals surface area contributed by atoms with Crippen LogP contribution in [0.4, 0.5) is 0 Å². The topological polar surface area (TPSA) is 41.1 Å². The Kier molecular flexibility index (Phi) is 7.11. The Morgan fingerprint density at radius 1 is 1.17 bits per heavy atom. The van der Waals surface area contributed by atoms with Gasteiger partial charge in [0, 0.05) is 19.5 Å². The van der Waals surface area contributed by atoms with Crippen LogP contribution in [0, 0.1) is 6.92 Å². The SMILES string of the molecule is CCCCNCCC(=O)NCc1ccc(C)cc1. The van der Waals surface area contributed by atoms with Crippen molar-refractivity contribution < 1.29 is 4.79 Å². The van der Waals surface area contributed by atoms with E-state index >= 15 is 0 Å². The molecular weight excluding hydrogens is 224 g/mol. The Morgan fingerprint density at radius 2 is 1.89 bits per heavy atom. The third-order valence-corrected chi connectivity index (χ3v) is 2.85. The van der Waals surface area contributed by atoms with E-state index in [4.69, 9.17) is 0 Å². The zero-order valence-electron chi connectivity index (χ0n) is 11.5. The zero-order valence-corrected chi connectivity index (χ0v) is 11.5. The minimum Gasteiger partial charge on any atom is -0.352 e. The van der Waals surface area contributed by atoms with E-state index in [9.17, 15) is 4.79 Å². The van der Waals surface area contributed by atoms with E-state index in [-0.39, 0.29) is 5.91 Å². The molecule has 0 radical (unpaired) electrons. The fraction of sp³-hybridized carbons (Fsp3) is 0.533. The number of unbranched alkanes of at least 4 members (excludes halogenated alkanes) is 1. The fourth-order valence-corrected chi connectivity index (χ4v) is 1.62. The summed E-state index contributed by atoms with van der Waals surface area (Å²) in [5.74, 6) is 0.111. The van der Waals surface area contributed by atoms with Crippen LogP contribution in [0.3, 0.4) is 0 Å². The lowest BCUT2D eigenvalue weighted by molar-refractivity contribution is -0.121. The van der Waals surface area contributed by atoms with Crippen molar-refractivity contribution >= 4 is 5.91 Å². The van der Waals surface area contributed by atoms with Gasteiger partial charge < -0.3 is 10.6 Å². The summed E-state index contributed by atoms with van der Waals surface area (Å²) in [7, 11) is 0. The summed E-state index contributed by atoms with van der Waals surface area (Å²) < 4.78 is 0. The number of hydrogen-bond donors (Lipinski definition) is 2. The van der Waals surface area contributed by atoms with E-state index in [1.165, 1.54) is 18.4 Å². The molecule has 3 heteroatoms. The summed E-state index contributed by atoms with van der Waals surface area (Å²) in [6, 6.07) is 8.23. The van der Waals surface area contributed by atoms with Crippen molar-refractivity contribution in [2.75, 3.05) is 13.1 Å². The number of carbonyl (C=O) groups excluding carboxylic acids is 1. The quantitative estimate of drug-likeness (QED) is 0.694. The van der Waals surface area contributed by atoms with Gasteiger partial charge in [-0.3, -0.25) is 4.79 Å². The van der Waals surface area contributed by atoms with Crippen LogP contribution >= 0.6 is 0 Å². The number of amides is 1. The predicted octanol–water partition coefficient (Wildman–Crippen LogP) is 2.39. The van der Waals surface area contributed by atoms with Crippen molar-refractivity contribution in [3.05, 3.63) is 35.4 Å². The summed E-state index contributed by atoms with van der Waals surface area (Å²) in [6.45, 7) is 6.61. The average Bonchev–Trinajstić information content (AvgIpc) is 2.38. The molecule has 0 atom stereocenters. The number of rotatable bonds is 8. The summed E-state index contributed by atoms with van der Waals surface area (Å²) in [5.41, 5.74) is 2.39. The van der Waals surface area contributed by atoms with Gasteiger partial charge in [-0.2, -0.15) is 0 Å². The smallest absolute Gasteiger partial charge is 0.221 e. The molecule has 0 bridgehead atoms. The van der Waals surface area contributed by atoms with Gasteiger partial charge in [-0.25, -0.2) is 0 Å². The molecule has 0 aliphatic carbocycles. The minimum absolute atomic E-state index is 0.111. The molecule has 0 aromatic heterocycles. The molecule has 0 saturated heterocycles. The highest BCUT2D eigenvalue weighted by Crippen LogP contribution is 2.02. The van der Waals surface area contributed by atoms with Gasteiger partial charge in [0.1, 0.15) is 0 Å². The van der Waals surface area contributed by atoms with Gasteiger partial charge in [0.15, 0.2) is 0 Å². The molecule has 100 valence electrons. The van der Waals surface area contributed by atoms with E-state index in [0.717, 1.165) is 18.7 Å². The maximum atomic E-state index is 11.6. The number of aryl methyl sites for hydroxylation is 1. The van der Waals surface area contributed by atoms with Crippen LogP contribution in [-0.2, 0) is 11.3 Å². The molecule has 2 N–H and O–H groups in total. The van der Waals surface area contributed by atoms with Gasteiger partial charge in [-0.1, -0.05) is 43.2 Å². The molecule has 0 saturated carbocycles. The molecule has 1 aromatic rings. The van der Waals surface area contributed by atoms with E-state index in [1.807, 2.05) is 0 Å². The van der Waals surface area contributed by atoms with E-state index < -0.39 is 0 Å². The highest BCUT2D eigenvalue weighted by atomic mass is 16.1. The van der Waals surface area contributed by atoms with Gasteiger partial charge in [0.2, 0.25) is 5.91 Å². The highest BCUT2D eigenvalue weighted by molar-refractivity contribution is 5.76. The molecule has 0 aliphatic rings. The summed E-state index contributed by atoms with van der Waals surface area (Å²) >= 11 is 0. The minimum atomic E-state index is 0.111. The molecule has 1 amide bonds. The third kappa shape index (κ3) is 6.40. The van der Waals surface area contributed by atoms with Gasteiger partial charge in [0.25, 0.3) is 0 Å². The average molecular weight is 248 g/mol. The number of benzene rings is 1. The number of nitrogens with one attached hydrogen (secondary N) is 2. The van der Waals surface area contributed by atoms with Crippen molar-refractivity contribution in [3.8, 4) is 0 Å². The standard InChI is InChI=1S/C15H24N2O/c1-3-4-10-16-11-9-15(18)17-12-14-7-5-13(2)6-8-14/h5-8,16H,3-4,9-12H2,1-2H3,(H,17,18). The van der Waals surface area contributed by atoms with Crippen molar-refractivity contribution in [2.45, 2.75) is 39.7 Å². The lowest BCUT2D eigenvalue weighted by Crippen LogP contribution is -2.27. The summed E-state index contributed by atoms with van der Waals surface area (Å²) in [6.07, 6.45) is 2.91. The molecule has 0 aliphatic heterocycles. The van der Waals surface area contributed by atoms with Crippen LogP contribution in [0.25, 0.3) is 0 Å². The van der Waals surface area contributed by atoms with Crippen LogP contribution in [0.15, 0.2) is 24.3 Å². The van der Waals surface area contributed by atoms with Crippen molar-refractivity contribution in [2.24, 2.45) is 0 Å². The second-order valence-electron chi connectivity index (χ2n) is 4.62. The fourth-order valence-electron chi connectivity index (χ4n) is 1.62. The normalized spacial score (nSPS) is 10.3. The second-order valence-corrected chi connectivity index (χ2v) is 4.62. The summed E-state index contributed by atoms with van der Waals surface area (Å²) in [4.78, 5) is 11.6. The van der Waals surface area contributed by atoms with E-state index in [2.05, 4.69) is 48.7 Å². The Hall–Kier alpha value is -1.35. The lowest BCUT2D eigenvalue weighted by atomic mass is 10.1. The molecule has 3 nitrogen and oxygen atoms in total. The first kappa shape index (κ1) is 14.7. The third-order valence-electron chi connectivity index (χ3n) is 2.85. The van der Waals surface area contributed by atoms with Gasteiger partial charge >= 0.3 is 0 Å². The molecular formula is C15H24N2O. The van der Waals surface area contributed by atoms with E-state index in [0.29, 0.717) is 13.0 Å². The Labute approximate surface area is 110 Å². The Balaban J connectivity index is 2.11. The van der Waals surface area contributed by atoms with Crippen molar-refractivity contribution in [1.29, 1.82) is 0 Å². The van der Waals surface area contributed by atoms with Crippen LogP contribution in [-0.4, -0.2) is 19.0 Å². The maximum Gasteiger partial charge on any atom is 0.221 e. The number of hydrogen-bond acceptors (Lipinski definition) is 2. The Bertz CT molecular complexity index is 346. The predicted molar refractivity (Wildman–Crippen MR) is 75.4 cm³/mol. The Morgan fingerprint density at radius 3 is 2.56 bits per heavy atom. The van der Waals surface area contributed by atoms with Crippen molar-refractivity contribution in [1.82, 2.24) is 10.6 Å². The monoisotopic (exact) mass is 248 g/mol. The number of carbonyl (C=O) groups is 1. The molecule has 18 heavy (non-hydrogen) atoms. The van der Waals surface area contributed by atoms with Gasteiger partial charge in [-0.05, 0) is 25.5 Å². The lowest BCUT2D eigenvalue weighted by Gasteiger charge is -2.06. The van der Waals surface area contributed by atoms with Crippen LogP contribution in [0.1, 0.15) is 37.3 Å². The first-order chi connectivity index (χ1) is 8.72. The van der Waals surface area contributed by atoms with Crippen molar-refractivity contribution in [3.63, 3.8) is 0 Å². The first-order valence-electron chi connectivity index (χ1n) is 6.75. The molecule has 0 fully saturated rings. The van der Waals surface area contributed by atoms with Crippen LogP contribution in [0.5, 0.6) is 0 Å². The van der Waals surface area contributed by atoms with Gasteiger partial charge in [-0.15, -0.1) is 0 Å². The first-order valence-corrected chi connectivity index (χ1v) is 6.75. The largest absolute Gasteiger partial charge is 0.352 e.